The van der Waals surface area contributed by atoms with Gasteiger partial charge in [0.15, 0.2) is 0 Å². The SMILES string of the molecule is [K+].[K+].[c-]1cc[c-]c2ccccc12. The Morgan fingerprint density at radius 1 is 0.750 bits per heavy atom. The van der Waals surface area contributed by atoms with Gasteiger partial charge in [-0.2, -0.15) is 12.1 Å². The molecule has 2 aromatic rings. The molecule has 0 saturated carbocycles. The molecule has 0 aromatic heterocycles. The first-order valence-electron chi connectivity index (χ1n) is 3.24. The van der Waals surface area contributed by atoms with Crippen molar-refractivity contribution in [3.63, 3.8) is 0 Å². The van der Waals surface area contributed by atoms with Crippen LogP contribution in [0, 0.1) is 12.1 Å². The van der Waals surface area contributed by atoms with E-state index in [1.165, 1.54) is 0 Å². The molecule has 0 atom stereocenters. The average Bonchev–Trinajstić information content (AvgIpc) is 2.05. The summed E-state index contributed by atoms with van der Waals surface area (Å²) in [5.41, 5.74) is 0. The van der Waals surface area contributed by atoms with Crippen molar-refractivity contribution in [1.29, 1.82) is 0 Å². The van der Waals surface area contributed by atoms with E-state index in [1.54, 1.807) is 0 Å². The van der Waals surface area contributed by atoms with Crippen LogP contribution in [0.15, 0.2) is 36.4 Å². The maximum absolute atomic E-state index is 3.12. The van der Waals surface area contributed by atoms with Crippen LogP contribution in [0.2, 0.25) is 0 Å². The molecule has 0 amide bonds. The molecule has 2 heteroatoms. The summed E-state index contributed by atoms with van der Waals surface area (Å²) in [6.45, 7) is 0. The Labute approximate surface area is 158 Å². The number of benzene rings is 2. The first-order chi connectivity index (χ1) is 4.97. The fraction of sp³-hybridized carbons (Fsp3) is 0. The van der Waals surface area contributed by atoms with Crippen LogP contribution in [0.3, 0.4) is 0 Å². The van der Waals surface area contributed by atoms with Gasteiger partial charge in [0, 0.05) is 0 Å². The van der Waals surface area contributed by atoms with Gasteiger partial charge in [0.1, 0.15) is 0 Å². The minimum atomic E-state index is 0. The van der Waals surface area contributed by atoms with Crippen molar-refractivity contribution < 1.29 is 103 Å². The molecule has 0 aliphatic heterocycles. The molecule has 0 unspecified atom stereocenters. The van der Waals surface area contributed by atoms with E-state index in [-0.39, 0.29) is 103 Å². The maximum Gasteiger partial charge on any atom is 1.00 e. The van der Waals surface area contributed by atoms with E-state index in [9.17, 15) is 0 Å². The Morgan fingerprint density at radius 3 is 1.58 bits per heavy atom. The summed E-state index contributed by atoms with van der Waals surface area (Å²) >= 11 is 0. The molecular formula is C10H6K2. The van der Waals surface area contributed by atoms with Gasteiger partial charge in [-0.15, -0.1) is 12.1 Å². The van der Waals surface area contributed by atoms with Crippen LogP contribution in [0.4, 0.5) is 0 Å². The van der Waals surface area contributed by atoms with E-state index < -0.39 is 0 Å². The first-order valence-corrected chi connectivity index (χ1v) is 3.24. The number of fused-ring (bicyclic) bond motifs is 1. The van der Waals surface area contributed by atoms with Crippen molar-refractivity contribution in [3.05, 3.63) is 48.5 Å². The van der Waals surface area contributed by atoms with Crippen molar-refractivity contribution in [2.75, 3.05) is 0 Å². The molecule has 12 heavy (non-hydrogen) atoms. The van der Waals surface area contributed by atoms with Gasteiger partial charge >= 0.3 is 103 Å². The fourth-order valence-electron chi connectivity index (χ4n) is 0.998. The van der Waals surface area contributed by atoms with Gasteiger partial charge in [-0.1, -0.05) is 0 Å². The van der Waals surface area contributed by atoms with Crippen molar-refractivity contribution in [3.8, 4) is 0 Å². The Morgan fingerprint density at radius 2 is 1.17 bits per heavy atom. The van der Waals surface area contributed by atoms with Crippen LogP contribution in [-0.2, 0) is 0 Å². The minimum Gasteiger partial charge on any atom is -0.246 e. The van der Waals surface area contributed by atoms with Crippen LogP contribution in [0.5, 0.6) is 0 Å². The van der Waals surface area contributed by atoms with E-state index in [4.69, 9.17) is 0 Å². The predicted octanol–water partition coefficient (Wildman–Crippen LogP) is -3.55. The topological polar surface area (TPSA) is 0 Å². The van der Waals surface area contributed by atoms with E-state index in [1.807, 2.05) is 36.4 Å². The molecule has 0 aliphatic carbocycles. The molecule has 0 radical (unpaired) electrons. The summed E-state index contributed by atoms with van der Waals surface area (Å²) < 4.78 is 0. The molecule has 0 saturated heterocycles. The number of hydrogen-bond acceptors (Lipinski definition) is 0. The van der Waals surface area contributed by atoms with E-state index >= 15 is 0 Å². The molecule has 0 aliphatic rings. The van der Waals surface area contributed by atoms with Gasteiger partial charge in [0.05, 0.1) is 0 Å². The van der Waals surface area contributed by atoms with Crippen molar-refractivity contribution >= 4 is 10.8 Å². The van der Waals surface area contributed by atoms with Crippen LogP contribution < -0.4 is 103 Å². The van der Waals surface area contributed by atoms with E-state index in [0.29, 0.717) is 0 Å². The second kappa shape index (κ2) is 7.29. The largest absolute Gasteiger partial charge is 1.00 e. The van der Waals surface area contributed by atoms with Crippen molar-refractivity contribution in [1.82, 2.24) is 0 Å². The molecule has 2 aromatic carbocycles. The monoisotopic (exact) mass is 204 g/mol. The minimum absolute atomic E-state index is 0. The van der Waals surface area contributed by atoms with Crippen molar-refractivity contribution in [2.45, 2.75) is 0 Å². The molecule has 0 heterocycles. The summed E-state index contributed by atoms with van der Waals surface area (Å²) in [7, 11) is 0. The zero-order valence-corrected chi connectivity index (χ0v) is 13.7. The van der Waals surface area contributed by atoms with Gasteiger partial charge in [-0.3, -0.25) is 0 Å². The van der Waals surface area contributed by atoms with Crippen LogP contribution in [0.1, 0.15) is 0 Å². The third-order valence-corrected chi connectivity index (χ3v) is 1.49. The Hall–Kier alpha value is 1.97. The normalized spacial score (nSPS) is 8.33. The molecular weight excluding hydrogens is 198 g/mol. The fourth-order valence-corrected chi connectivity index (χ4v) is 0.998. The standard InChI is InChI=1S/C10H6.2K/c1-2-6-10-8-4-3-7-9(10)5-1;;/h1-6H;;/q-2;2*+1. The van der Waals surface area contributed by atoms with E-state index in [0.717, 1.165) is 10.8 Å². The summed E-state index contributed by atoms with van der Waals surface area (Å²) in [6, 6.07) is 18.1. The van der Waals surface area contributed by atoms with Crippen molar-refractivity contribution in [2.24, 2.45) is 0 Å². The van der Waals surface area contributed by atoms with Gasteiger partial charge in [0.2, 0.25) is 0 Å². The zero-order valence-electron chi connectivity index (χ0n) is 7.46. The summed E-state index contributed by atoms with van der Waals surface area (Å²) in [5.74, 6) is 0. The molecule has 48 valence electrons. The smallest absolute Gasteiger partial charge is 0.246 e. The van der Waals surface area contributed by atoms with Crippen LogP contribution in [0.25, 0.3) is 10.8 Å². The second-order valence-corrected chi connectivity index (χ2v) is 2.17. The predicted molar refractivity (Wildman–Crippen MR) is 41.6 cm³/mol. The van der Waals surface area contributed by atoms with E-state index in [2.05, 4.69) is 12.1 Å². The zero-order chi connectivity index (χ0) is 6.81. The molecule has 0 bridgehead atoms. The first kappa shape index (κ1) is 14.0. The second-order valence-electron chi connectivity index (χ2n) is 2.17. The summed E-state index contributed by atoms with van der Waals surface area (Å²) in [5, 5.41) is 2.26. The van der Waals surface area contributed by atoms with Crippen LogP contribution >= 0.6 is 0 Å². The molecule has 0 nitrogen and oxygen atoms in total. The summed E-state index contributed by atoms with van der Waals surface area (Å²) in [6.07, 6.45) is 0. The number of rotatable bonds is 0. The molecule has 0 spiro atoms. The number of hydrogen-bond donors (Lipinski definition) is 0. The van der Waals surface area contributed by atoms with Gasteiger partial charge in [-0.25, -0.2) is 35.0 Å². The van der Waals surface area contributed by atoms with Gasteiger partial charge in [0.25, 0.3) is 0 Å². The molecule has 2 rings (SSSR count). The van der Waals surface area contributed by atoms with Crippen LogP contribution in [-0.4, -0.2) is 0 Å². The third kappa shape index (κ3) is 3.61. The Balaban J connectivity index is 0.000000605. The third-order valence-electron chi connectivity index (χ3n) is 1.49. The maximum atomic E-state index is 3.12. The summed E-state index contributed by atoms with van der Waals surface area (Å²) in [4.78, 5) is 0. The average molecular weight is 204 g/mol. The van der Waals surface area contributed by atoms with Gasteiger partial charge < -0.3 is 0 Å². The molecule has 0 fully saturated rings. The Bertz CT molecular complexity index is 279. The molecule has 0 N–H and O–H groups in total. The quantitative estimate of drug-likeness (QED) is 0.308. The Kier molecular flexibility index (Phi) is 8.49. The van der Waals surface area contributed by atoms with Gasteiger partial charge in [-0.05, 0) is 0 Å².